The number of rotatable bonds is 2. The van der Waals surface area contributed by atoms with E-state index in [2.05, 4.69) is 45.0 Å². The van der Waals surface area contributed by atoms with Crippen molar-refractivity contribution in [3.8, 4) is 0 Å². The lowest BCUT2D eigenvalue weighted by atomic mass is 9.88. The molecule has 1 aromatic rings. The summed E-state index contributed by atoms with van der Waals surface area (Å²) in [6.07, 6.45) is 1.05. The van der Waals surface area contributed by atoms with Crippen LogP contribution in [0, 0.1) is 12.3 Å². The van der Waals surface area contributed by atoms with E-state index in [0.29, 0.717) is 0 Å². The van der Waals surface area contributed by atoms with E-state index in [0.717, 1.165) is 6.42 Å². The first kappa shape index (κ1) is 8.32. The van der Waals surface area contributed by atoms with E-state index in [1.807, 2.05) is 6.07 Å². The lowest BCUT2D eigenvalue weighted by Gasteiger charge is -2.17. The van der Waals surface area contributed by atoms with E-state index in [-0.39, 0.29) is 5.41 Å². The van der Waals surface area contributed by atoms with Crippen molar-refractivity contribution in [1.82, 2.24) is 0 Å². The molecule has 1 aromatic carbocycles. The van der Waals surface area contributed by atoms with Gasteiger partial charge in [0, 0.05) is 0 Å². The second-order valence-electron chi connectivity index (χ2n) is 3.83. The summed E-state index contributed by atoms with van der Waals surface area (Å²) in [4.78, 5) is 0. The van der Waals surface area contributed by atoms with Crippen LogP contribution in [-0.2, 0) is 6.42 Å². The van der Waals surface area contributed by atoms with Gasteiger partial charge in [-0.2, -0.15) is 0 Å². The molecule has 1 rings (SSSR count). The Bertz CT molecular complexity index is 203. The molecule has 0 aliphatic rings. The van der Waals surface area contributed by atoms with E-state index in [4.69, 9.17) is 0 Å². The van der Waals surface area contributed by atoms with Gasteiger partial charge in [-0.25, -0.2) is 0 Å². The highest BCUT2D eigenvalue weighted by Gasteiger charge is 2.10. The van der Waals surface area contributed by atoms with Crippen molar-refractivity contribution in [2.45, 2.75) is 20.3 Å². The molecule has 0 aliphatic heterocycles. The zero-order valence-electron chi connectivity index (χ0n) is 7.30. The van der Waals surface area contributed by atoms with Crippen LogP contribution in [0.5, 0.6) is 0 Å². The highest BCUT2D eigenvalue weighted by Crippen LogP contribution is 2.19. The molecule has 0 fully saturated rings. The highest BCUT2D eigenvalue weighted by molar-refractivity contribution is 5.16. The van der Waals surface area contributed by atoms with Crippen molar-refractivity contribution in [1.29, 1.82) is 0 Å². The first-order valence-electron chi connectivity index (χ1n) is 3.97. The van der Waals surface area contributed by atoms with E-state index >= 15 is 0 Å². The Balaban J connectivity index is 2.66. The van der Waals surface area contributed by atoms with Crippen LogP contribution in [0.1, 0.15) is 19.4 Å². The molecule has 11 heavy (non-hydrogen) atoms. The summed E-state index contributed by atoms with van der Waals surface area (Å²) in [5.74, 6) is 0. The van der Waals surface area contributed by atoms with Gasteiger partial charge in [0.2, 0.25) is 0 Å². The summed E-state index contributed by atoms with van der Waals surface area (Å²) in [7, 11) is 0. The summed E-state index contributed by atoms with van der Waals surface area (Å²) in [5.41, 5.74) is 1.52. The molecule has 0 unspecified atom stereocenters. The number of benzene rings is 1. The molecule has 0 amide bonds. The Morgan fingerprint density at radius 1 is 1.18 bits per heavy atom. The standard InChI is InChI=1S/C11H15/c1-11(2,3)9-10-7-5-4-6-8-10/h4-8H,1,9H2,2-3H3. The third-order valence-electron chi connectivity index (χ3n) is 1.53. The topological polar surface area (TPSA) is 0 Å². The maximum absolute atomic E-state index is 4.07. The van der Waals surface area contributed by atoms with Crippen LogP contribution in [-0.4, -0.2) is 0 Å². The first-order chi connectivity index (χ1) is 5.08. The largest absolute Gasteiger partial charge is 0.0622 e. The summed E-state index contributed by atoms with van der Waals surface area (Å²) in [6.45, 7) is 8.37. The average Bonchev–Trinajstić information content (AvgIpc) is 1.85. The average molecular weight is 147 g/mol. The SMILES string of the molecule is [CH2]C(C)(C)Cc1ccccc1. The molecule has 1 radical (unpaired) electrons. The van der Waals surface area contributed by atoms with Gasteiger partial charge in [0.25, 0.3) is 0 Å². The van der Waals surface area contributed by atoms with Gasteiger partial charge in [0.05, 0.1) is 0 Å². The Morgan fingerprint density at radius 3 is 2.18 bits per heavy atom. The van der Waals surface area contributed by atoms with Gasteiger partial charge in [-0.15, -0.1) is 0 Å². The van der Waals surface area contributed by atoms with E-state index in [1.54, 1.807) is 0 Å². The normalized spacial score (nSPS) is 11.5. The molecule has 59 valence electrons. The van der Waals surface area contributed by atoms with Crippen molar-refractivity contribution in [3.63, 3.8) is 0 Å². The van der Waals surface area contributed by atoms with Gasteiger partial charge in [-0.1, -0.05) is 44.2 Å². The quantitative estimate of drug-likeness (QED) is 0.603. The van der Waals surface area contributed by atoms with Gasteiger partial charge in [-0.3, -0.25) is 0 Å². The zero-order chi connectivity index (χ0) is 8.32. The summed E-state index contributed by atoms with van der Waals surface area (Å²) < 4.78 is 0. The van der Waals surface area contributed by atoms with Crippen molar-refractivity contribution < 1.29 is 0 Å². The number of hydrogen-bond donors (Lipinski definition) is 0. The third kappa shape index (κ3) is 3.22. The molecule has 0 aliphatic carbocycles. The fourth-order valence-electron chi connectivity index (χ4n) is 1.15. The monoisotopic (exact) mass is 147 g/mol. The van der Waals surface area contributed by atoms with Crippen molar-refractivity contribution in [2.75, 3.05) is 0 Å². The predicted octanol–water partition coefficient (Wildman–Crippen LogP) is 3.09. The molecule has 0 heterocycles. The van der Waals surface area contributed by atoms with Crippen LogP contribution >= 0.6 is 0 Å². The first-order valence-corrected chi connectivity index (χ1v) is 3.97. The van der Waals surface area contributed by atoms with E-state index < -0.39 is 0 Å². The molecule has 0 bridgehead atoms. The lowest BCUT2D eigenvalue weighted by Crippen LogP contribution is -2.09. The van der Waals surface area contributed by atoms with Crippen LogP contribution in [0.3, 0.4) is 0 Å². The van der Waals surface area contributed by atoms with Crippen LogP contribution in [0.15, 0.2) is 30.3 Å². The van der Waals surface area contributed by atoms with Crippen molar-refractivity contribution in [3.05, 3.63) is 42.8 Å². The molecular formula is C11H15. The van der Waals surface area contributed by atoms with Crippen LogP contribution in [0.2, 0.25) is 0 Å². The van der Waals surface area contributed by atoms with Gasteiger partial charge >= 0.3 is 0 Å². The molecule has 0 saturated carbocycles. The molecule has 0 saturated heterocycles. The molecule has 0 aromatic heterocycles. The van der Waals surface area contributed by atoms with Gasteiger partial charge in [0.15, 0.2) is 0 Å². The predicted molar refractivity (Wildman–Crippen MR) is 49.3 cm³/mol. The van der Waals surface area contributed by atoms with Crippen LogP contribution in [0.4, 0.5) is 0 Å². The Kier molecular flexibility index (Phi) is 2.33. The van der Waals surface area contributed by atoms with Gasteiger partial charge in [-0.05, 0) is 24.3 Å². The Hall–Kier alpha value is -0.780. The smallest absolute Gasteiger partial charge is 0.0227 e. The Labute approximate surface area is 69.3 Å². The Morgan fingerprint density at radius 2 is 1.73 bits per heavy atom. The van der Waals surface area contributed by atoms with E-state index in [9.17, 15) is 0 Å². The minimum Gasteiger partial charge on any atom is -0.0622 e. The van der Waals surface area contributed by atoms with Crippen molar-refractivity contribution in [2.24, 2.45) is 5.41 Å². The zero-order valence-corrected chi connectivity index (χ0v) is 7.30. The highest BCUT2D eigenvalue weighted by atomic mass is 14.1. The van der Waals surface area contributed by atoms with Gasteiger partial charge < -0.3 is 0 Å². The van der Waals surface area contributed by atoms with Crippen molar-refractivity contribution >= 4 is 0 Å². The maximum Gasteiger partial charge on any atom is -0.0227 e. The third-order valence-corrected chi connectivity index (χ3v) is 1.53. The summed E-state index contributed by atoms with van der Waals surface area (Å²) in [5, 5.41) is 0. The summed E-state index contributed by atoms with van der Waals surface area (Å²) >= 11 is 0. The van der Waals surface area contributed by atoms with E-state index in [1.165, 1.54) is 5.56 Å². The minimum absolute atomic E-state index is 0.154. The molecule has 0 nitrogen and oxygen atoms in total. The second kappa shape index (κ2) is 3.08. The van der Waals surface area contributed by atoms with Crippen LogP contribution in [0.25, 0.3) is 0 Å². The molecule has 0 atom stereocenters. The maximum atomic E-state index is 4.07. The van der Waals surface area contributed by atoms with Gasteiger partial charge in [0.1, 0.15) is 0 Å². The lowest BCUT2D eigenvalue weighted by molar-refractivity contribution is 0.472. The fourth-order valence-corrected chi connectivity index (χ4v) is 1.15. The molecule has 0 N–H and O–H groups in total. The second-order valence-corrected chi connectivity index (χ2v) is 3.83. The fraction of sp³-hybridized carbons (Fsp3) is 0.364. The summed E-state index contributed by atoms with van der Waals surface area (Å²) in [6, 6.07) is 10.5. The molecular weight excluding hydrogens is 132 g/mol. The van der Waals surface area contributed by atoms with Crippen LogP contribution < -0.4 is 0 Å². The minimum atomic E-state index is 0.154. The number of hydrogen-bond acceptors (Lipinski definition) is 0. The molecule has 0 spiro atoms. The molecule has 0 heteroatoms.